The Balaban J connectivity index is 2.19. The molecule has 1 amide bonds. The Morgan fingerprint density at radius 1 is 1.47 bits per heavy atom. The van der Waals surface area contributed by atoms with E-state index in [1.165, 1.54) is 0 Å². The van der Waals surface area contributed by atoms with E-state index in [1.54, 1.807) is 19.1 Å². The first kappa shape index (κ1) is 11.1. The molecule has 1 aromatic carbocycles. The number of benzene rings is 1. The van der Waals surface area contributed by atoms with Crippen LogP contribution in [0.4, 0.5) is 5.69 Å². The molecule has 0 unspecified atom stereocenters. The van der Waals surface area contributed by atoms with E-state index in [9.17, 15) is 4.79 Å². The maximum absolute atomic E-state index is 11.8. The first-order chi connectivity index (χ1) is 8.22. The Labute approximate surface area is 98.9 Å². The predicted molar refractivity (Wildman–Crippen MR) is 62.8 cm³/mol. The van der Waals surface area contributed by atoms with E-state index in [0.29, 0.717) is 29.3 Å². The van der Waals surface area contributed by atoms with Gasteiger partial charge in [0.2, 0.25) is 6.79 Å². The molecule has 17 heavy (non-hydrogen) atoms. The summed E-state index contributed by atoms with van der Waals surface area (Å²) in [6, 6.07) is 3.16. The lowest BCUT2D eigenvalue weighted by atomic mass is 10.1. The molecule has 1 aliphatic rings. The summed E-state index contributed by atoms with van der Waals surface area (Å²) in [5.74, 6) is 6.25. The highest BCUT2D eigenvalue weighted by Crippen LogP contribution is 2.35. The summed E-state index contributed by atoms with van der Waals surface area (Å²) in [6.45, 7) is 2.16. The topological polar surface area (TPSA) is 73.6 Å². The molecular formula is C12H12N2O3. The highest BCUT2D eigenvalue weighted by atomic mass is 16.7. The quantitative estimate of drug-likeness (QED) is 0.583. The third-order valence-electron chi connectivity index (χ3n) is 2.30. The van der Waals surface area contributed by atoms with Crippen LogP contribution in [0.3, 0.4) is 0 Å². The minimum Gasteiger partial charge on any atom is -0.454 e. The van der Waals surface area contributed by atoms with Crippen LogP contribution in [0.25, 0.3) is 0 Å². The monoisotopic (exact) mass is 232 g/mol. The van der Waals surface area contributed by atoms with Gasteiger partial charge in [-0.1, -0.05) is 5.92 Å². The van der Waals surface area contributed by atoms with Crippen LogP contribution in [0.1, 0.15) is 17.3 Å². The van der Waals surface area contributed by atoms with E-state index in [-0.39, 0.29) is 12.7 Å². The number of nitrogens with one attached hydrogen (secondary N) is 1. The van der Waals surface area contributed by atoms with Crippen LogP contribution >= 0.6 is 0 Å². The van der Waals surface area contributed by atoms with Crippen LogP contribution < -0.4 is 20.5 Å². The second kappa shape index (κ2) is 4.66. The lowest BCUT2D eigenvalue weighted by Gasteiger charge is -2.06. The average molecular weight is 232 g/mol. The molecule has 0 radical (unpaired) electrons. The maximum atomic E-state index is 11.8. The number of nitrogen functional groups attached to an aromatic ring is 1. The Morgan fingerprint density at radius 2 is 2.18 bits per heavy atom. The van der Waals surface area contributed by atoms with Gasteiger partial charge in [0.05, 0.1) is 12.1 Å². The molecular weight excluding hydrogens is 220 g/mol. The molecule has 1 aliphatic heterocycles. The van der Waals surface area contributed by atoms with Gasteiger partial charge in [0, 0.05) is 11.8 Å². The van der Waals surface area contributed by atoms with Crippen molar-refractivity contribution in [3.63, 3.8) is 0 Å². The number of nitrogens with two attached hydrogens (primary N) is 1. The highest BCUT2D eigenvalue weighted by molar-refractivity contribution is 6.00. The zero-order chi connectivity index (χ0) is 12.3. The van der Waals surface area contributed by atoms with E-state index >= 15 is 0 Å². The summed E-state index contributed by atoms with van der Waals surface area (Å²) in [6.07, 6.45) is 0. The van der Waals surface area contributed by atoms with Crippen molar-refractivity contribution in [3.05, 3.63) is 17.7 Å². The fraction of sp³-hybridized carbons (Fsp3) is 0.250. The van der Waals surface area contributed by atoms with Crippen molar-refractivity contribution in [1.82, 2.24) is 5.32 Å². The number of fused-ring (bicyclic) bond motifs is 1. The molecule has 0 aliphatic carbocycles. The third kappa shape index (κ3) is 2.26. The Morgan fingerprint density at radius 3 is 2.88 bits per heavy atom. The third-order valence-corrected chi connectivity index (χ3v) is 2.30. The number of hydrogen-bond acceptors (Lipinski definition) is 4. The summed E-state index contributed by atoms with van der Waals surface area (Å²) < 4.78 is 10.3. The summed E-state index contributed by atoms with van der Waals surface area (Å²) in [5.41, 5.74) is 6.49. The second-order valence-corrected chi connectivity index (χ2v) is 3.40. The van der Waals surface area contributed by atoms with Crippen LogP contribution in [-0.4, -0.2) is 19.2 Å². The number of anilines is 1. The molecule has 5 nitrogen and oxygen atoms in total. The van der Waals surface area contributed by atoms with Crippen molar-refractivity contribution < 1.29 is 14.3 Å². The van der Waals surface area contributed by atoms with Crippen LogP contribution in [0.2, 0.25) is 0 Å². The van der Waals surface area contributed by atoms with Gasteiger partial charge in [0.1, 0.15) is 0 Å². The standard InChI is InChI=1S/C12H12N2O3/c1-2-3-4-14-12(15)8-5-10-11(6-9(8)13)17-7-16-10/h5-6H,4,7,13H2,1H3,(H,14,15). The molecule has 1 heterocycles. The van der Waals surface area contributed by atoms with Crippen LogP contribution in [-0.2, 0) is 0 Å². The molecule has 0 spiro atoms. The summed E-state index contributed by atoms with van der Waals surface area (Å²) in [5, 5.41) is 2.64. The molecule has 3 N–H and O–H groups in total. The second-order valence-electron chi connectivity index (χ2n) is 3.40. The van der Waals surface area contributed by atoms with Crippen molar-refractivity contribution in [3.8, 4) is 23.3 Å². The van der Waals surface area contributed by atoms with E-state index in [1.807, 2.05) is 0 Å². The average Bonchev–Trinajstić information content (AvgIpc) is 2.75. The molecule has 0 saturated carbocycles. The van der Waals surface area contributed by atoms with Gasteiger partial charge in [-0.05, 0) is 13.0 Å². The Kier molecular flexibility index (Phi) is 3.06. The normalized spacial score (nSPS) is 11.6. The van der Waals surface area contributed by atoms with Crippen molar-refractivity contribution in [2.24, 2.45) is 0 Å². The molecule has 0 fully saturated rings. The van der Waals surface area contributed by atoms with Crippen molar-refractivity contribution in [2.45, 2.75) is 6.92 Å². The lowest BCUT2D eigenvalue weighted by molar-refractivity contribution is 0.0959. The lowest BCUT2D eigenvalue weighted by Crippen LogP contribution is -2.24. The van der Waals surface area contributed by atoms with Gasteiger partial charge in [-0.3, -0.25) is 4.79 Å². The Hall–Kier alpha value is -2.35. The molecule has 0 aromatic heterocycles. The number of ether oxygens (including phenoxy) is 2. The smallest absolute Gasteiger partial charge is 0.254 e. The number of carbonyl (C=O) groups is 1. The van der Waals surface area contributed by atoms with Crippen LogP contribution in [0.5, 0.6) is 11.5 Å². The summed E-state index contributed by atoms with van der Waals surface area (Å²) in [7, 11) is 0. The van der Waals surface area contributed by atoms with Gasteiger partial charge in [-0.2, -0.15) is 0 Å². The number of carbonyl (C=O) groups excluding carboxylic acids is 1. The Bertz CT molecular complexity index is 514. The van der Waals surface area contributed by atoms with Crippen molar-refractivity contribution in [2.75, 3.05) is 19.1 Å². The molecule has 0 atom stereocenters. The van der Waals surface area contributed by atoms with Crippen LogP contribution in [0.15, 0.2) is 12.1 Å². The van der Waals surface area contributed by atoms with E-state index in [2.05, 4.69) is 17.2 Å². The number of hydrogen-bond donors (Lipinski definition) is 2. The molecule has 0 saturated heterocycles. The van der Waals surface area contributed by atoms with Gasteiger partial charge in [0.25, 0.3) is 5.91 Å². The molecule has 2 rings (SSSR count). The van der Waals surface area contributed by atoms with Gasteiger partial charge in [-0.25, -0.2) is 0 Å². The zero-order valence-electron chi connectivity index (χ0n) is 9.37. The predicted octanol–water partition coefficient (Wildman–Crippen LogP) is 0.751. The fourth-order valence-electron chi connectivity index (χ4n) is 1.46. The SMILES string of the molecule is CC#CCNC(=O)c1cc2c(cc1N)OCO2. The largest absolute Gasteiger partial charge is 0.454 e. The maximum Gasteiger partial charge on any atom is 0.254 e. The highest BCUT2D eigenvalue weighted by Gasteiger charge is 2.19. The van der Waals surface area contributed by atoms with Gasteiger partial charge in [0.15, 0.2) is 11.5 Å². The number of rotatable bonds is 2. The van der Waals surface area contributed by atoms with E-state index in [4.69, 9.17) is 15.2 Å². The van der Waals surface area contributed by atoms with Crippen LogP contribution in [0, 0.1) is 11.8 Å². The van der Waals surface area contributed by atoms with Crippen molar-refractivity contribution in [1.29, 1.82) is 0 Å². The first-order valence-corrected chi connectivity index (χ1v) is 5.09. The zero-order valence-corrected chi connectivity index (χ0v) is 9.37. The van der Waals surface area contributed by atoms with Gasteiger partial charge in [-0.15, -0.1) is 5.92 Å². The fourth-order valence-corrected chi connectivity index (χ4v) is 1.46. The van der Waals surface area contributed by atoms with Gasteiger partial charge >= 0.3 is 0 Å². The van der Waals surface area contributed by atoms with Gasteiger partial charge < -0.3 is 20.5 Å². The first-order valence-electron chi connectivity index (χ1n) is 5.09. The minimum atomic E-state index is -0.274. The van der Waals surface area contributed by atoms with Crippen molar-refractivity contribution >= 4 is 11.6 Å². The number of amides is 1. The molecule has 1 aromatic rings. The molecule has 88 valence electrons. The summed E-state index contributed by atoms with van der Waals surface area (Å²) in [4.78, 5) is 11.8. The minimum absolute atomic E-state index is 0.154. The molecule has 5 heteroatoms. The van der Waals surface area contributed by atoms with E-state index in [0.717, 1.165) is 0 Å². The van der Waals surface area contributed by atoms with E-state index < -0.39 is 0 Å². The summed E-state index contributed by atoms with van der Waals surface area (Å²) >= 11 is 0. The molecule has 0 bridgehead atoms.